The highest BCUT2D eigenvalue weighted by molar-refractivity contribution is 5.87. The number of hydrogen-bond acceptors (Lipinski definition) is 8. The zero-order chi connectivity index (χ0) is 23.7. The average molecular weight is 456 g/mol. The van der Waals surface area contributed by atoms with Crippen molar-refractivity contribution < 1.29 is 39.2 Å². The molecule has 1 fully saturated rings. The molecule has 1 aromatic rings. The van der Waals surface area contributed by atoms with E-state index in [-0.39, 0.29) is 31.9 Å². The molecule has 12 nitrogen and oxygen atoms in total. The molecule has 6 N–H and O–H groups in total. The fourth-order valence-corrected chi connectivity index (χ4v) is 3.40. The Morgan fingerprint density at radius 3 is 2.66 bits per heavy atom. The van der Waals surface area contributed by atoms with Gasteiger partial charge < -0.3 is 40.4 Å². The van der Waals surface area contributed by atoms with Crippen LogP contribution in [0.1, 0.15) is 38.8 Å². The normalized spacial score (nSPS) is 26.3. The standard InChI is InChI=1S/C20H32N4O8/c1-11-17(28)18(29)15(32-20(11)31-6-4-3-5-16(26)27)9-22-19(30)14(24-12(2)25)7-13-8-21-10-23-13/h8,10-11,14-15,17-18,20,28-29H,3-7,9H2,1-2H3,(H,21,23)(H,22,30)(H,24,25)(H,26,27)/t11?,14-,15?,17?,18?,20?/m1/s1. The number of aromatic nitrogens is 2. The van der Waals surface area contributed by atoms with Gasteiger partial charge in [0.05, 0.1) is 12.4 Å². The van der Waals surface area contributed by atoms with E-state index < -0.39 is 48.4 Å². The Labute approximate surface area is 185 Å². The Balaban J connectivity index is 1.89. The third kappa shape index (κ3) is 7.86. The fraction of sp³-hybridized carbons (Fsp3) is 0.700. The molecule has 5 unspecified atom stereocenters. The predicted molar refractivity (Wildman–Crippen MR) is 110 cm³/mol. The minimum absolute atomic E-state index is 0.0362. The summed E-state index contributed by atoms with van der Waals surface area (Å²) in [4.78, 5) is 41.5. The molecule has 1 aliphatic heterocycles. The second-order valence-electron chi connectivity index (χ2n) is 7.88. The van der Waals surface area contributed by atoms with Crippen molar-refractivity contribution >= 4 is 17.8 Å². The number of amides is 2. The molecular weight excluding hydrogens is 424 g/mol. The Kier molecular flexibility index (Phi) is 10.0. The van der Waals surface area contributed by atoms with Crippen molar-refractivity contribution in [1.82, 2.24) is 20.6 Å². The lowest BCUT2D eigenvalue weighted by Crippen LogP contribution is -2.58. The maximum atomic E-state index is 12.6. The Morgan fingerprint density at radius 1 is 1.28 bits per heavy atom. The number of imidazole rings is 1. The van der Waals surface area contributed by atoms with Gasteiger partial charge in [-0.05, 0) is 12.8 Å². The Hall–Kier alpha value is -2.54. The maximum absolute atomic E-state index is 12.6. The first-order valence-electron chi connectivity index (χ1n) is 10.6. The quantitative estimate of drug-likeness (QED) is 0.213. The number of aliphatic carboxylic acids is 1. The van der Waals surface area contributed by atoms with Gasteiger partial charge in [-0.25, -0.2) is 4.98 Å². The van der Waals surface area contributed by atoms with Crippen LogP contribution in [0.3, 0.4) is 0 Å². The molecule has 6 atom stereocenters. The van der Waals surface area contributed by atoms with Crippen molar-refractivity contribution in [3.8, 4) is 0 Å². The van der Waals surface area contributed by atoms with E-state index in [0.717, 1.165) is 0 Å². The summed E-state index contributed by atoms with van der Waals surface area (Å²) in [6, 6.07) is -0.862. The molecule has 1 saturated heterocycles. The molecule has 12 heteroatoms. The molecule has 0 bridgehead atoms. The molecule has 0 saturated carbocycles. The third-order valence-corrected chi connectivity index (χ3v) is 5.23. The molecule has 2 rings (SSSR count). The molecule has 2 heterocycles. The summed E-state index contributed by atoms with van der Waals surface area (Å²) in [7, 11) is 0. The highest BCUT2D eigenvalue weighted by atomic mass is 16.7. The number of ether oxygens (including phenoxy) is 2. The first-order valence-corrected chi connectivity index (χ1v) is 10.6. The van der Waals surface area contributed by atoms with Gasteiger partial charge in [0.2, 0.25) is 11.8 Å². The lowest BCUT2D eigenvalue weighted by molar-refractivity contribution is -0.275. The smallest absolute Gasteiger partial charge is 0.303 e. The zero-order valence-corrected chi connectivity index (χ0v) is 18.2. The number of carbonyl (C=O) groups excluding carboxylic acids is 2. The molecule has 0 aromatic carbocycles. The predicted octanol–water partition coefficient (Wildman–Crippen LogP) is -1.07. The van der Waals surface area contributed by atoms with Gasteiger partial charge in [-0.3, -0.25) is 14.4 Å². The number of carboxylic acid groups (broad SMARTS) is 1. The van der Waals surface area contributed by atoms with E-state index in [1.54, 1.807) is 13.1 Å². The molecular formula is C20H32N4O8. The number of aromatic amines is 1. The van der Waals surface area contributed by atoms with Crippen molar-refractivity contribution in [3.63, 3.8) is 0 Å². The van der Waals surface area contributed by atoms with E-state index in [2.05, 4.69) is 20.6 Å². The minimum atomic E-state index is -1.25. The number of aliphatic hydroxyl groups excluding tert-OH is 2. The maximum Gasteiger partial charge on any atom is 0.303 e. The molecule has 0 spiro atoms. The van der Waals surface area contributed by atoms with Crippen LogP contribution in [-0.4, -0.2) is 86.9 Å². The second-order valence-corrected chi connectivity index (χ2v) is 7.88. The zero-order valence-electron chi connectivity index (χ0n) is 18.2. The number of nitrogens with zero attached hydrogens (tertiary/aromatic N) is 1. The molecule has 32 heavy (non-hydrogen) atoms. The number of rotatable bonds is 12. The molecule has 180 valence electrons. The Bertz CT molecular complexity index is 744. The van der Waals surface area contributed by atoms with Crippen LogP contribution in [0.25, 0.3) is 0 Å². The number of carbonyl (C=O) groups is 3. The Morgan fingerprint density at radius 2 is 2.03 bits per heavy atom. The third-order valence-electron chi connectivity index (χ3n) is 5.23. The van der Waals surface area contributed by atoms with E-state index in [9.17, 15) is 24.6 Å². The summed E-state index contributed by atoms with van der Waals surface area (Å²) in [5.74, 6) is -2.26. The molecule has 1 aliphatic rings. The van der Waals surface area contributed by atoms with Crippen LogP contribution >= 0.6 is 0 Å². The highest BCUT2D eigenvalue weighted by Crippen LogP contribution is 2.26. The van der Waals surface area contributed by atoms with Gasteiger partial charge in [0.15, 0.2) is 6.29 Å². The van der Waals surface area contributed by atoms with Crippen LogP contribution < -0.4 is 10.6 Å². The summed E-state index contributed by atoms with van der Waals surface area (Å²) in [5, 5.41) is 34.6. The van der Waals surface area contributed by atoms with Crippen molar-refractivity contribution in [2.75, 3.05) is 13.2 Å². The van der Waals surface area contributed by atoms with E-state index in [1.807, 2.05) is 0 Å². The van der Waals surface area contributed by atoms with Gasteiger partial charge in [-0.15, -0.1) is 0 Å². The van der Waals surface area contributed by atoms with Crippen molar-refractivity contribution in [2.45, 2.75) is 70.2 Å². The van der Waals surface area contributed by atoms with Crippen LogP contribution in [0.5, 0.6) is 0 Å². The van der Waals surface area contributed by atoms with Crippen LogP contribution in [0.15, 0.2) is 12.5 Å². The van der Waals surface area contributed by atoms with Crippen molar-refractivity contribution in [2.24, 2.45) is 5.92 Å². The first kappa shape index (κ1) is 25.7. The van der Waals surface area contributed by atoms with E-state index in [4.69, 9.17) is 14.6 Å². The van der Waals surface area contributed by atoms with E-state index in [1.165, 1.54) is 13.3 Å². The summed E-state index contributed by atoms with van der Waals surface area (Å²) >= 11 is 0. The van der Waals surface area contributed by atoms with E-state index >= 15 is 0 Å². The first-order chi connectivity index (χ1) is 15.2. The van der Waals surface area contributed by atoms with Gasteiger partial charge in [-0.1, -0.05) is 6.92 Å². The lowest BCUT2D eigenvalue weighted by Gasteiger charge is -2.41. The molecule has 0 aliphatic carbocycles. The lowest BCUT2D eigenvalue weighted by atomic mass is 9.92. The molecule has 0 radical (unpaired) electrons. The summed E-state index contributed by atoms with van der Waals surface area (Å²) in [5.41, 5.74) is 0.661. The highest BCUT2D eigenvalue weighted by Gasteiger charge is 2.42. The summed E-state index contributed by atoms with van der Waals surface area (Å²) < 4.78 is 11.4. The van der Waals surface area contributed by atoms with Gasteiger partial charge in [0.25, 0.3) is 0 Å². The van der Waals surface area contributed by atoms with Crippen LogP contribution in [0, 0.1) is 5.92 Å². The monoisotopic (exact) mass is 456 g/mol. The number of aliphatic hydroxyl groups is 2. The van der Waals surface area contributed by atoms with Gasteiger partial charge in [0.1, 0.15) is 18.2 Å². The number of H-pyrrole nitrogens is 1. The van der Waals surface area contributed by atoms with Crippen molar-refractivity contribution in [1.29, 1.82) is 0 Å². The van der Waals surface area contributed by atoms with Crippen LogP contribution in [0.2, 0.25) is 0 Å². The summed E-state index contributed by atoms with van der Waals surface area (Å²) in [6.07, 6.45) is 0.0640. The minimum Gasteiger partial charge on any atom is -0.481 e. The van der Waals surface area contributed by atoms with Crippen LogP contribution in [0.4, 0.5) is 0 Å². The number of carboxylic acids is 1. The van der Waals surface area contributed by atoms with Crippen molar-refractivity contribution in [3.05, 3.63) is 18.2 Å². The number of nitrogens with one attached hydrogen (secondary N) is 3. The fourth-order valence-electron chi connectivity index (χ4n) is 3.40. The van der Waals surface area contributed by atoms with Gasteiger partial charge in [-0.2, -0.15) is 0 Å². The summed E-state index contributed by atoms with van der Waals surface area (Å²) in [6.45, 7) is 3.10. The van der Waals surface area contributed by atoms with Crippen LogP contribution in [-0.2, 0) is 30.3 Å². The largest absolute Gasteiger partial charge is 0.481 e. The van der Waals surface area contributed by atoms with Gasteiger partial charge in [0, 0.05) is 50.7 Å². The average Bonchev–Trinajstić information content (AvgIpc) is 3.24. The number of hydrogen-bond donors (Lipinski definition) is 6. The topological polar surface area (TPSA) is 183 Å². The number of unbranched alkanes of at least 4 members (excludes halogenated alkanes) is 1. The van der Waals surface area contributed by atoms with Gasteiger partial charge >= 0.3 is 5.97 Å². The second kappa shape index (κ2) is 12.5. The molecule has 1 aromatic heterocycles. The van der Waals surface area contributed by atoms with E-state index in [0.29, 0.717) is 18.5 Å². The molecule has 2 amide bonds. The SMILES string of the molecule is CC(=O)N[C@H](Cc1cnc[nH]1)C(=O)NCC1OC(OCCCCC(=O)O)C(C)C(O)C1O.